The van der Waals surface area contributed by atoms with E-state index in [2.05, 4.69) is 24.1 Å². The van der Waals surface area contributed by atoms with Gasteiger partial charge in [-0.25, -0.2) is 8.78 Å². The Labute approximate surface area is 125 Å². The minimum absolute atomic E-state index is 0.388. The first kappa shape index (κ1) is 14.8. The van der Waals surface area contributed by atoms with Gasteiger partial charge in [-0.05, 0) is 50.7 Å². The van der Waals surface area contributed by atoms with Gasteiger partial charge in [0.25, 0.3) is 0 Å². The fourth-order valence-corrected chi connectivity index (χ4v) is 3.91. The van der Waals surface area contributed by atoms with E-state index in [9.17, 15) is 8.78 Å². The Morgan fingerprint density at radius 1 is 1.10 bits per heavy atom. The SMILES string of the molecule is CC(C)N1CC2CCCC(C1)C2Nc1ccc(F)c(F)c1. The second-order valence-electron chi connectivity index (χ2n) is 6.80. The van der Waals surface area contributed by atoms with E-state index in [0.29, 0.717) is 29.6 Å². The molecule has 0 aromatic heterocycles. The van der Waals surface area contributed by atoms with Gasteiger partial charge in [0.05, 0.1) is 0 Å². The van der Waals surface area contributed by atoms with Crippen LogP contribution in [0.25, 0.3) is 0 Å². The molecule has 2 fully saturated rings. The quantitative estimate of drug-likeness (QED) is 0.910. The first-order valence-electron chi connectivity index (χ1n) is 8.00. The van der Waals surface area contributed by atoms with E-state index in [0.717, 1.165) is 13.1 Å². The molecule has 1 aliphatic carbocycles. The summed E-state index contributed by atoms with van der Waals surface area (Å²) >= 11 is 0. The molecule has 0 radical (unpaired) electrons. The predicted molar refractivity (Wildman–Crippen MR) is 81.3 cm³/mol. The van der Waals surface area contributed by atoms with Gasteiger partial charge in [0, 0.05) is 36.9 Å². The normalized spacial score (nSPS) is 29.7. The first-order chi connectivity index (χ1) is 10.0. The monoisotopic (exact) mass is 294 g/mol. The van der Waals surface area contributed by atoms with Crippen LogP contribution in [0, 0.1) is 23.5 Å². The van der Waals surface area contributed by atoms with E-state index >= 15 is 0 Å². The van der Waals surface area contributed by atoms with Crippen molar-refractivity contribution in [2.45, 2.75) is 45.2 Å². The molecule has 4 heteroatoms. The zero-order valence-electron chi connectivity index (χ0n) is 12.8. The molecule has 1 N–H and O–H groups in total. The molecule has 21 heavy (non-hydrogen) atoms. The highest BCUT2D eigenvalue weighted by molar-refractivity contribution is 5.45. The number of benzene rings is 1. The zero-order valence-corrected chi connectivity index (χ0v) is 12.8. The van der Waals surface area contributed by atoms with Gasteiger partial charge in [-0.2, -0.15) is 0 Å². The molecule has 1 saturated heterocycles. The number of nitrogens with one attached hydrogen (secondary N) is 1. The summed E-state index contributed by atoms with van der Waals surface area (Å²) in [4.78, 5) is 2.55. The minimum Gasteiger partial charge on any atom is -0.382 e. The Kier molecular flexibility index (Phi) is 4.16. The average molecular weight is 294 g/mol. The summed E-state index contributed by atoms with van der Waals surface area (Å²) in [6.45, 7) is 6.71. The highest BCUT2D eigenvalue weighted by Crippen LogP contribution is 2.37. The Hall–Kier alpha value is -1.16. The van der Waals surface area contributed by atoms with Crippen LogP contribution < -0.4 is 5.32 Å². The lowest BCUT2D eigenvalue weighted by Gasteiger charge is -2.49. The lowest BCUT2D eigenvalue weighted by molar-refractivity contribution is 0.0518. The van der Waals surface area contributed by atoms with Crippen molar-refractivity contribution >= 4 is 5.69 Å². The number of rotatable bonds is 3. The predicted octanol–water partition coefficient (Wildman–Crippen LogP) is 3.89. The second-order valence-corrected chi connectivity index (χ2v) is 6.80. The Bertz CT molecular complexity index is 490. The third-order valence-electron chi connectivity index (χ3n) is 5.09. The van der Waals surface area contributed by atoms with E-state index in [-0.39, 0.29) is 0 Å². The first-order valence-corrected chi connectivity index (χ1v) is 8.00. The van der Waals surface area contributed by atoms with Crippen molar-refractivity contribution < 1.29 is 8.78 Å². The number of hydrogen-bond donors (Lipinski definition) is 1. The molecule has 0 amide bonds. The largest absolute Gasteiger partial charge is 0.382 e. The lowest BCUT2D eigenvalue weighted by atomic mass is 9.73. The number of hydrogen-bond acceptors (Lipinski definition) is 2. The van der Waals surface area contributed by atoms with Crippen LogP contribution in [0.5, 0.6) is 0 Å². The average Bonchev–Trinajstić information content (AvgIpc) is 2.42. The number of halogens is 2. The maximum Gasteiger partial charge on any atom is 0.160 e. The minimum atomic E-state index is -0.782. The topological polar surface area (TPSA) is 15.3 Å². The van der Waals surface area contributed by atoms with Crippen molar-refractivity contribution in [3.8, 4) is 0 Å². The molecule has 3 rings (SSSR count). The van der Waals surface area contributed by atoms with Gasteiger partial charge < -0.3 is 10.2 Å². The number of piperidine rings is 1. The Balaban J connectivity index is 1.74. The molecule has 1 aliphatic heterocycles. The zero-order chi connectivity index (χ0) is 15.0. The number of nitrogens with zero attached hydrogens (tertiary/aromatic N) is 1. The van der Waals surface area contributed by atoms with Gasteiger partial charge in [0.15, 0.2) is 11.6 Å². The van der Waals surface area contributed by atoms with Crippen molar-refractivity contribution in [2.75, 3.05) is 18.4 Å². The van der Waals surface area contributed by atoms with E-state index in [1.54, 1.807) is 6.07 Å². The summed E-state index contributed by atoms with van der Waals surface area (Å²) in [7, 11) is 0. The highest BCUT2D eigenvalue weighted by Gasteiger charge is 2.39. The van der Waals surface area contributed by atoms with Gasteiger partial charge in [-0.15, -0.1) is 0 Å². The van der Waals surface area contributed by atoms with Crippen LogP contribution in [-0.4, -0.2) is 30.1 Å². The van der Waals surface area contributed by atoms with Crippen LogP contribution >= 0.6 is 0 Å². The molecule has 2 unspecified atom stereocenters. The summed E-state index contributed by atoms with van der Waals surface area (Å²) in [6.07, 6.45) is 3.74. The Morgan fingerprint density at radius 2 is 1.76 bits per heavy atom. The third-order valence-corrected chi connectivity index (χ3v) is 5.09. The summed E-state index contributed by atoms with van der Waals surface area (Å²) < 4.78 is 26.4. The highest BCUT2D eigenvalue weighted by atomic mass is 19.2. The van der Waals surface area contributed by atoms with E-state index < -0.39 is 11.6 Å². The standard InChI is InChI=1S/C17H24F2N2/c1-11(2)21-9-12-4-3-5-13(10-21)17(12)20-14-6-7-15(18)16(19)8-14/h6-8,11-13,17,20H,3-5,9-10H2,1-2H3. The molecule has 2 bridgehead atoms. The molecule has 2 atom stereocenters. The fraction of sp³-hybridized carbons (Fsp3) is 0.647. The number of fused-ring (bicyclic) bond motifs is 2. The number of likely N-dealkylation sites (tertiary alicyclic amines) is 1. The Morgan fingerprint density at radius 3 is 2.33 bits per heavy atom. The van der Waals surface area contributed by atoms with Crippen molar-refractivity contribution in [3.63, 3.8) is 0 Å². The molecule has 2 nitrogen and oxygen atoms in total. The van der Waals surface area contributed by atoms with Crippen molar-refractivity contribution in [3.05, 3.63) is 29.8 Å². The molecule has 0 spiro atoms. The van der Waals surface area contributed by atoms with Crippen molar-refractivity contribution in [1.29, 1.82) is 0 Å². The third kappa shape index (κ3) is 3.05. The molecule has 116 valence electrons. The van der Waals surface area contributed by atoms with Gasteiger partial charge in [-0.3, -0.25) is 0 Å². The molecule has 1 aromatic carbocycles. The van der Waals surface area contributed by atoms with Crippen molar-refractivity contribution in [1.82, 2.24) is 4.90 Å². The molecular formula is C17H24F2N2. The van der Waals surface area contributed by atoms with E-state index in [1.807, 2.05) is 0 Å². The maximum atomic E-state index is 13.4. The van der Waals surface area contributed by atoms with Gasteiger partial charge in [0.1, 0.15) is 0 Å². The lowest BCUT2D eigenvalue weighted by Crippen LogP contribution is -2.56. The molecule has 1 saturated carbocycles. The molecule has 1 aromatic rings. The van der Waals surface area contributed by atoms with Crippen LogP contribution in [-0.2, 0) is 0 Å². The van der Waals surface area contributed by atoms with Crippen LogP contribution in [0.2, 0.25) is 0 Å². The smallest absolute Gasteiger partial charge is 0.160 e. The summed E-state index contributed by atoms with van der Waals surface area (Å²) in [6, 6.07) is 5.09. The second kappa shape index (κ2) is 5.91. The van der Waals surface area contributed by atoms with Crippen LogP contribution in [0.1, 0.15) is 33.1 Å². The van der Waals surface area contributed by atoms with Crippen LogP contribution in [0.4, 0.5) is 14.5 Å². The van der Waals surface area contributed by atoms with Crippen LogP contribution in [0.3, 0.4) is 0 Å². The molecule has 1 heterocycles. The number of anilines is 1. The summed E-state index contributed by atoms with van der Waals surface area (Å²) in [5.74, 6) is -0.346. The summed E-state index contributed by atoms with van der Waals surface area (Å²) in [5, 5.41) is 3.48. The summed E-state index contributed by atoms with van der Waals surface area (Å²) in [5.41, 5.74) is 0.703. The van der Waals surface area contributed by atoms with Crippen LogP contribution in [0.15, 0.2) is 18.2 Å². The molecule has 2 aliphatic rings. The fourth-order valence-electron chi connectivity index (χ4n) is 3.91. The molecular weight excluding hydrogens is 270 g/mol. The van der Waals surface area contributed by atoms with E-state index in [1.165, 1.54) is 31.4 Å². The maximum absolute atomic E-state index is 13.4. The van der Waals surface area contributed by atoms with Crippen molar-refractivity contribution in [2.24, 2.45) is 11.8 Å². The van der Waals surface area contributed by atoms with E-state index in [4.69, 9.17) is 0 Å². The van der Waals surface area contributed by atoms with Gasteiger partial charge in [0.2, 0.25) is 0 Å². The van der Waals surface area contributed by atoms with Gasteiger partial charge >= 0.3 is 0 Å². The van der Waals surface area contributed by atoms with Gasteiger partial charge in [-0.1, -0.05) is 6.42 Å².